The third-order valence-electron chi connectivity index (χ3n) is 3.04. The van der Waals surface area contributed by atoms with E-state index in [9.17, 15) is 5.11 Å². The van der Waals surface area contributed by atoms with Gasteiger partial charge in [-0.05, 0) is 13.8 Å². The van der Waals surface area contributed by atoms with Crippen LogP contribution in [0, 0.1) is 13.8 Å². The minimum absolute atomic E-state index is 0.0425. The van der Waals surface area contributed by atoms with Crippen molar-refractivity contribution in [3.8, 4) is 11.3 Å². The summed E-state index contributed by atoms with van der Waals surface area (Å²) >= 11 is 1.60. The summed E-state index contributed by atoms with van der Waals surface area (Å²) in [5.74, 6) is 0.0425. The van der Waals surface area contributed by atoms with E-state index >= 15 is 0 Å². The molecule has 3 rings (SSSR count). The molecule has 0 saturated heterocycles. The number of aliphatic hydroxyl groups excluding tert-OH is 1. The summed E-state index contributed by atoms with van der Waals surface area (Å²) in [6.45, 7) is 7.73. The summed E-state index contributed by atoms with van der Waals surface area (Å²) in [7, 11) is 0. The van der Waals surface area contributed by atoms with E-state index in [1.807, 2.05) is 48.7 Å². The van der Waals surface area contributed by atoms with E-state index < -0.39 is 0 Å². The molecule has 3 nitrogen and oxygen atoms in total. The summed E-state index contributed by atoms with van der Waals surface area (Å²) in [5, 5.41) is 9.87. The van der Waals surface area contributed by atoms with Crippen molar-refractivity contribution in [2.45, 2.75) is 13.8 Å². The number of rotatable bonds is 2. The molecule has 19 heavy (non-hydrogen) atoms. The van der Waals surface area contributed by atoms with E-state index in [0.717, 1.165) is 21.1 Å². The van der Waals surface area contributed by atoms with Crippen LogP contribution in [0.25, 0.3) is 22.0 Å². The second-order valence-electron chi connectivity index (χ2n) is 4.62. The van der Waals surface area contributed by atoms with Crippen LogP contribution in [-0.4, -0.2) is 14.5 Å². The second-order valence-corrected chi connectivity index (χ2v) is 5.83. The van der Waals surface area contributed by atoms with Crippen LogP contribution in [0.5, 0.6) is 0 Å². The first kappa shape index (κ1) is 12.0. The van der Waals surface area contributed by atoms with Crippen molar-refractivity contribution in [3.63, 3.8) is 0 Å². The Morgan fingerprint density at radius 1 is 1.26 bits per heavy atom. The van der Waals surface area contributed by atoms with Gasteiger partial charge in [0, 0.05) is 16.6 Å². The number of hydrogen-bond acceptors (Lipinski definition) is 3. The monoisotopic (exact) mass is 270 g/mol. The summed E-state index contributed by atoms with van der Waals surface area (Å²) in [5.41, 5.74) is 3.64. The van der Waals surface area contributed by atoms with E-state index in [4.69, 9.17) is 0 Å². The molecule has 0 saturated carbocycles. The van der Waals surface area contributed by atoms with Gasteiger partial charge in [0.1, 0.15) is 17.1 Å². The standard InChI is InChI=1S/C15H14N2OS/c1-9-4-6-12(7-5-9)13-14(11(3)18)17-8-10(2)19-15(17)16-13/h4-8,18H,3H2,1-2H3. The molecule has 0 radical (unpaired) electrons. The van der Waals surface area contributed by atoms with Gasteiger partial charge in [0.2, 0.25) is 0 Å². The van der Waals surface area contributed by atoms with Crippen molar-refractivity contribution in [2.24, 2.45) is 0 Å². The number of aliphatic hydroxyl groups is 1. The van der Waals surface area contributed by atoms with Crippen molar-refractivity contribution in [1.29, 1.82) is 0 Å². The number of nitrogens with zero attached hydrogens (tertiary/aromatic N) is 2. The van der Waals surface area contributed by atoms with Crippen LogP contribution >= 0.6 is 11.3 Å². The summed E-state index contributed by atoms with van der Waals surface area (Å²) in [6.07, 6.45) is 1.97. The molecule has 1 N–H and O–H groups in total. The largest absolute Gasteiger partial charge is 0.506 e. The Balaban J connectivity index is 2.28. The number of benzene rings is 1. The van der Waals surface area contributed by atoms with E-state index in [1.54, 1.807) is 11.3 Å². The Bertz CT molecular complexity index is 765. The van der Waals surface area contributed by atoms with Gasteiger partial charge in [-0.25, -0.2) is 4.98 Å². The van der Waals surface area contributed by atoms with Crippen LogP contribution in [0.2, 0.25) is 0 Å². The Morgan fingerprint density at radius 2 is 1.95 bits per heavy atom. The molecule has 2 aromatic heterocycles. The summed E-state index contributed by atoms with van der Waals surface area (Å²) in [4.78, 5) is 6.64. The van der Waals surface area contributed by atoms with E-state index in [2.05, 4.69) is 11.6 Å². The number of aromatic nitrogens is 2. The molecule has 3 aromatic rings. The Hall–Kier alpha value is -2.07. The summed E-state index contributed by atoms with van der Waals surface area (Å²) < 4.78 is 1.90. The van der Waals surface area contributed by atoms with Crippen molar-refractivity contribution in [2.75, 3.05) is 0 Å². The first-order chi connectivity index (χ1) is 9.06. The highest BCUT2D eigenvalue weighted by molar-refractivity contribution is 7.17. The number of imidazole rings is 1. The van der Waals surface area contributed by atoms with Crippen LogP contribution in [0.4, 0.5) is 0 Å². The molecule has 0 aliphatic carbocycles. The number of thiazole rings is 1. The molecule has 0 aliphatic rings. The van der Waals surface area contributed by atoms with Gasteiger partial charge < -0.3 is 5.11 Å². The zero-order valence-electron chi connectivity index (χ0n) is 10.8. The molecule has 0 fully saturated rings. The number of aryl methyl sites for hydroxylation is 2. The molecule has 0 aliphatic heterocycles. The van der Waals surface area contributed by atoms with Gasteiger partial charge in [-0.2, -0.15) is 0 Å². The minimum Gasteiger partial charge on any atom is -0.506 e. The van der Waals surface area contributed by atoms with Gasteiger partial charge in [-0.15, -0.1) is 11.3 Å². The topological polar surface area (TPSA) is 37.5 Å². The van der Waals surface area contributed by atoms with Crippen LogP contribution in [0.3, 0.4) is 0 Å². The molecule has 1 aromatic carbocycles. The molecule has 0 atom stereocenters. The number of fused-ring (bicyclic) bond motifs is 1. The fourth-order valence-electron chi connectivity index (χ4n) is 2.14. The normalized spacial score (nSPS) is 11.1. The number of hydrogen-bond donors (Lipinski definition) is 1. The highest BCUT2D eigenvalue weighted by atomic mass is 32.1. The lowest BCUT2D eigenvalue weighted by atomic mass is 10.1. The smallest absolute Gasteiger partial charge is 0.195 e. The van der Waals surface area contributed by atoms with Gasteiger partial charge >= 0.3 is 0 Å². The Kier molecular flexibility index (Phi) is 2.68. The zero-order chi connectivity index (χ0) is 13.6. The molecule has 0 unspecified atom stereocenters. The van der Waals surface area contributed by atoms with Crippen molar-refractivity contribution >= 4 is 22.1 Å². The Labute approximate surface area is 115 Å². The quantitative estimate of drug-likeness (QED) is 0.708. The van der Waals surface area contributed by atoms with Crippen LogP contribution in [0.1, 0.15) is 16.1 Å². The molecule has 96 valence electrons. The highest BCUT2D eigenvalue weighted by Crippen LogP contribution is 2.31. The molecule has 0 bridgehead atoms. The first-order valence-corrected chi connectivity index (χ1v) is 6.81. The third-order valence-corrected chi connectivity index (χ3v) is 3.94. The van der Waals surface area contributed by atoms with E-state index in [1.165, 1.54) is 5.56 Å². The van der Waals surface area contributed by atoms with Crippen LogP contribution in [0.15, 0.2) is 37.0 Å². The van der Waals surface area contributed by atoms with Crippen molar-refractivity contribution < 1.29 is 5.11 Å². The zero-order valence-corrected chi connectivity index (χ0v) is 11.7. The van der Waals surface area contributed by atoms with Crippen LogP contribution < -0.4 is 0 Å². The molecule has 0 spiro atoms. The predicted octanol–water partition coefficient (Wildman–Crippen LogP) is 4.21. The van der Waals surface area contributed by atoms with Gasteiger partial charge in [0.25, 0.3) is 0 Å². The van der Waals surface area contributed by atoms with Crippen molar-refractivity contribution in [1.82, 2.24) is 9.38 Å². The van der Waals surface area contributed by atoms with Gasteiger partial charge in [0.05, 0.1) is 0 Å². The Morgan fingerprint density at radius 3 is 2.58 bits per heavy atom. The van der Waals surface area contributed by atoms with Crippen LogP contribution in [-0.2, 0) is 0 Å². The molecular formula is C15H14N2OS. The molecule has 2 heterocycles. The lowest BCUT2D eigenvalue weighted by Crippen LogP contribution is -1.91. The molecular weight excluding hydrogens is 256 g/mol. The lowest BCUT2D eigenvalue weighted by molar-refractivity contribution is 0.510. The predicted molar refractivity (Wildman–Crippen MR) is 79.6 cm³/mol. The third kappa shape index (κ3) is 1.94. The fraction of sp³-hybridized carbons (Fsp3) is 0.133. The second kappa shape index (κ2) is 4.24. The van der Waals surface area contributed by atoms with Gasteiger partial charge in [0.15, 0.2) is 4.96 Å². The van der Waals surface area contributed by atoms with Gasteiger partial charge in [-0.1, -0.05) is 36.4 Å². The summed E-state index contributed by atoms with van der Waals surface area (Å²) in [6, 6.07) is 8.11. The maximum absolute atomic E-state index is 9.87. The first-order valence-electron chi connectivity index (χ1n) is 6.00. The molecule has 0 amide bonds. The average molecular weight is 270 g/mol. The maximum Gasteiger partial charge on any atom is 0.195 e. The van der Waals surface area contributed by atoms with E-state index in [0.29, 0.717) is 5.69 Å². The fourth-order valence-corrected chi connectivity index (χ4v) is 2.97. The lowest BCUT2D eigenvalue weighted by Gasteiger charge is -2.03. The van der Waals surface area contributed by atoms with Crippen molar-refractivity contribution in [3.05, 3.63) is 53.2 Å². The SMILES string of the molecule is C=C(O)c1c(-c2ccc(C)cc2)nc2sc(C)cn12. The molecule has 4 heteroatoms. The minimum atomic E-state index is 0.0425. The van der Waals surface area contributed by atoms with E-state index in [-0.39, 0.29) is 5.76 Å². The maximum atomic E-state index is 9.87. The average Bonchev–Trinajstić information content (AvgIpc) is 2.85. The highest BCUT2D eigenvalue weighted by Gasteiger charge is 2.17. The van der Waals surface area contributed by atoms with Gasteiger partial charge in [-0.3, -0.25) is 4.40 Å².